The Bertz CT molecular complexity index is 786. The minimum atomic E-state index is -0.357. The molecule has 0 spiro atoms. The lowest BCUT2D eigenvalue weighted by atomic mass is 10.1. The predicted molar refractivity (Wildman–Crippen MR) is 80.5 cm³/mol. The van der Waals surface area contributed by atoms with Gasteiger partial charge in [-0.3, -0.25) is 4.57 Å². The Morgan fingerprint density at radius 1 is 1.42 bits per heavy atom. The zero-order chi connectivity index (χ0) is 13.6. The number of aromatic nitrogens is 4. The molecule has 7 heteroatoms. The van der Waals surface area contributed by atoms with Crippen molar-refractivity contribution in [3.05, 3.63) is 38.6 Å². The monoisotopic (exact) mass is 310 g/mol. The summed E-state index contributed by atoms with van der Waals surface area (Å²) in [5, 5.41) is 3.53. The van der Waals surface area contributed by atoms with Gasteiger partial charge in [0.25, 0.3) is 0 Å². The molecule has 0 saturated carbocycles. The number of hydrogen-bond donors (Lipinski definition) is 1. The Labute approximate surface area is 124 Å². The van der Waals surface area contributed by atoms with Crippen molar-refractivity contribution in [2.75, 3.05) is 0 Å². The van der Waals surface area contributed by atoms with Crippen LogP contribution < -0.4 is 0 Å². The van der Waals surface area contributed by atoms with E-state index in [1.807, 2.05) is 16.0 Å². The molecule has 0 atom stereocenters. The van der Waals surface area contributed by atoms with Crippen LogP contribution in [0.15, 0.2) is 23.8 Å². The van der Waals surface area contributed by atoms with Crippen molar-refractivity contribution in [2.45, 2.75) is 19.4 Å². The van der Waals surface area contributed by atoms with Crippen molar-refractivity contribution in [2.24, 2.45) is 0 Å². The molecule has 0 amide bonds. The zero-order valence-corrected chi connectivity index (χ0v) is 12.7. The Kier molecular flexibility index (Phi) is 2.96. The smallest absolute Gasteiger partial charge is 0.180 e. The molecule has 3 aromatic heterocycles. The van der Waals surface area contributed by atoms with Crippen molar-refractivity contribution in [3.63, 3.8) is 0 Å². The molecular weight excluding hydrogens is 300 g/mol. The molecule has 3 rings (SSSR count). The van der Waals surface area contributed by atoms with Crippen LogP contribution in [0.5, 0.6) is 0 Å². The molecule has 3 aromatic rings. The summed E-state index contributed by atoms with van der Waals surface area (Å²) in [5.41, 5.74) is 1.27. The number of hydrogen-bond acceptors (Lipinski definition) is 4. The highest BCUT2D eigenvalue weighted by molar-refractivity contribution is 7.71. The summed E-state index contributed by atoms with van der Waals surface area (Å²) in [7, 11) is 0. The van der Waals surface area contributed by atoms with Crippen molar-refractivity contribution in [1.82, 2.24) is 19.5 Å². The van der Waals surface area contributed by atoms with Crippen LogP contribution in [0.1, 0.15) is 18.9 Å². The number of imidazole rings is 1. The lowest BCUT2D eigenvalue weighted by molar-refractivity contribution is 0.438. The summed E-state index contributed by atoms with van der Waals surface area (Å²) in [6, 6.07) is 1.83. The molecule has 19 heavy (non-hydrogen) atoms. The molecule has 0 fully saturated rings. The summed E-state index contributed by atoms with van der Waals surface area (Å²) in [6.07, 6.45) is 3.42. The highest BCUT2D eigenvalue weighted by Gasteiger charge is 2.28. The van der Waals surface area contributed by atoms with Gasteiger partial charge in [0, 0.05) is 17.8 Å². The van der Waals surface area contributed by atoms with Crippen LogP contribution >= 0.6 is 35.2 Å². The first-order chi connectivity index (χ1) is 9.00. The molecule has 0 radical (unpaired) electrons. The van der Waals surface area contributed by atoms with E-state index in [1.54, 1.807) is 23.7 Å². The lowest BCUT2D eigenvalue weighted by Gasteiger charge is -2.24. The van der Waals surface area contributed by atoms with E-state index in [2.05, 4.69) is 28.8 Å². The van der Waals surface area contributed by atoms with E-state index < -0.39 is 0 Å². The third-order valence-corrected chi connectivity index (χ3v) is 4.58. The van der Waals surface area contributed by atoms with E-state index in [9.17, 15) is 0 Å². The molecular formula is C12H11ClN4S2. The normalized spacial score (nSPS) is 12.2. The number of H-pyrrole nitrogens is 1. The predicted octanol–water partition coefficient (Wildman–Crippen LogP) is 3.99. The van der Waals surface area contributed by atoms with Crippen molar-refractivity contribution in [1.29, 1.82) is 0 Å². The maximum Gasteiger partial charge on any atom is 0.180 e. The number of aromatic amines is 1. The number of pyridine rings is 1. The SMILES string of the molecule is CC(C)(c1nccs1)n1c(=S)[nH]c2cc(Cl)cnc21. The third kappa shape index (κ3) is 2.00. The summed E-state index contributed by atoms with van der Waals surface area (Å²) in [6.45, 7) is 4.15. The number of nitrogens with one attached hydrogen (secondary N) is 1. The van der Waals surface area contributed by atoms with Crippen LogP contribution in [-0.2, 0) is 5.54 Å². The minimum Gasteiger partial charge on any atom is -0.329 e. The van der Waals surface area contributed by atoms with Crippen molar-refractivity contribution >= 4 is 46.3 Å². The van der Waals surface area contributed by atoms with Crippen LogP contribution in [0.2, 0.25) is 5.02 Å². The fraction of sp³-hybridized carbons (Fsp3) is 0.250. The quantitative estimate of drug-likeness (QED) is 0.728. The Morgan fingerprint density at radius 3 is 2.89 bits per heavy atom. The van der Waals surface area contributed by atoms with Gasteiger partial charge in [-0.1, -0.05) is 11.6 Å². The molecule has 0 bridgehead atoms. The molecule has 1 N–H and O–H groups in total. The van der Waals surface area contributed by atoms with Gasteiger partial charge in [0.05, 0.1) is 16.1 Å². The van der Waals surface area contributed by atoms with Crippen LogP contribution in [-0.4, -0.2) is 19.5 Å². The summed E-state index contributed by atoms with van der Waals surface area (Å²) >= 11 is 13.0. The van der Waals surface area contributed by atoms with Gasteiger partial charge in [0.2, 0.25) is 0 Å². The van der Waals surface area contributed by atoms with Gasteiger partial charge in [0.1, 0.15) is 5.01 Å². The van der Waals surface area contributed by atoms with Gasteiger partial charge in [-0.15, -0.1) is 11.3 Å². The first-order valence-electron chi connectivity index (χ1n) is 5.67. The molecule has 0 saturated heterocycles. The second kappa shape index (κ2) is 4.40. The van der Waals surface area contributed by atoms with Crippen molar-refractivity contribution < 1.29 is 0 Å². The number of nitrogens with zero attached hydrogens (tertiary/aromatic N) is 3. The van der Waals surface area contributed by atoms with E-state index in [4.69, 9.17) is 23.8 Å². The summed E-state index contributed by atoms with van der Waals surface area (Å²) in [4.78, 5) is 11.9. The highest BCUT2D eigenvalue weighted by Crippen LogP contribution is 2.31. The van der Waals surface area contributed by atoms with Crippen LogP contribution in [0.3, 0.4) is 0 Å². The van der Waals surface area contributed by atoms with E-state index in [0.717, 1.165) is 16.2 Å². The van der Waals surface area contributed by atoms with Gasteiger partial charge in [-0.25, -0.2) is 9.97 Å². The Morgan fingerprint density at radius 2 is 2.21 bits per heavy atom. The van der Waals surface area contributed by atoms with Gasteiger partial charge >= 0.3 is 0 Å². The fourth-order valence-electron chi connectivity index (χ4n) is 2.11. The van der Waals surface area contributed by atoms with E-state index in [-0.39, 0.29) is 5.54 Å². The molecule has 0 aromatic carbocycles. The number of fused-ring (bicyclic) bond motifs is 1. The third-order valence-electron chi connectivity index (χ3n) is 3.00. The van der Waals surface area contributed by atoms with E-state index >= 15 is 0 Å². The highest BCUT2D eigenvalue weighted by atomic mass is 35.5. The first-order valence-corrected chi connectivity index (χ1v) is 7.33. The van der Waals surface area contributed by atoms with Gasteiger partial charge < -0.3 is 4.98 Å². The number of halogens is 1. The topological polar surface area (TPSA) is 46.5 Å². The maximum atomic E-state index is 5.96. The Hall–Kier alpha value is -1.24. The summed E-state index contributed by atoms with van der Waals surface area (Å²) < 4.78 is 2.59. The van der Waals surface area contributed by atoms with Crippen LogP contribution in [0, 0.1) is 4.77 Å². The lowest BCUT2D eigenvalue weighted by Crippen LogP contribution is -2.27. The standard InChI is InChI=1S/C12H11ClN4S2/c1-12(2,10-14-3-4-19-10)17-9-8(16-11(17)18)5-7(13)6-15-9/h3-6H,1-2H3,(H,16,18). The van der Waals surface area contributed by atoms with Gasteiger partial charge in [-0.2, -0.15) is 0 Å². The molecule has 0 unspecified atom stereocenters. The van der Waals surface area contributed by atoms with Crippen LogP contribution in [0.4, 0.5) is 0 Å². The molecule has 0 aliphatic heterocycles. The maximum absolute atomic E-state index is 5.96. The zero-order valence-electron chi connectivity index (χ0n) is 10.3. The molecule has 0 aliphatic rings. The van der Waals surface area contributed by atoms with Gasteiger partial charge in [-0.05, 0) is 32.1 Å². The molecule has 4 nitrogen and oxygen atoms in total. The Balaban J connectivity index is 2.31. The first kappa shape index (κ1) is 12.8. The number of rotatable bonds is 2. The second-order valence-electron chi connectivity index (χ2n) is 4.69. The van der Waals surface area contributed by atoms with Crippen LogP contribution in [0.25, 0.3) is 11.2 Å². The van der Waals surface area contributed by atoms with E-state index in [1.165, 1.54) is 0 Å². The molecule has 3 heterocycles. The average molecular weight is 311 g/mol. The van der Waals surface area contributed by atoms with E-state index in [0.29, 0.717) is 9.79 Å². The summed E-state index contributed by atoms with van der Waals surface area (Å²) in [5.74, 6) is 0. The molecule has 98 valence electrons. The minimum absolute atomic E-state index is 0.357. The number of thiazole rings is 1. The van der Waals surface area contributed by atoms with Crippen molar-refractivity contribution in [3.8, 4) is 0 Å². The molecule has 0 aliphatic carbocycles. The average Bonchev–Trinajstić information content (AvgIpc) is 2.94. The fourth-order valence-corrected chi connectivity index (χ4v) is 3.44. The largest absolute Gasteiger partial charge is 0.329 e. The second-order valence-corrected chi connectivity index (χ2v) is 6.40. The van der Waals surface area contributed by atoms with Gasteiger partial charge in [0.15, 0.2) is 10.4 Å².